The molecular weight excluding hydrogens is 364 g/mol. The number of ether oxygens (including phenoxy) is 2. The predicted octanol–water partition coefficient (Wildman–Crippen LogP) is 1.70. The predicted molar refractivity (Wildman–Crippen MR) is 101 cm³/mol. The van der Waals surface area contributed by atoms with Gasteiger partial charge in [0, 0.05) is 29.8 Å². The van der Waals surface area contributed by atoms with Gasteiger partial charge in [-0.25, -0.2) is 9.67 Å². The van der Waals surface area contributed by atoms with E-state index in [0.29, 0.717) is 34.6 Å². The molecule has 0 aliphatic carbocycles. The number of rotatable bonds is 8. The van der Waals surface area contributed by atoms with Gasteiger partial charge in [-0.1, -0.05) is 0 Å². The van der Waals surface area contributed by atoms with E-state index >= 15 is 0 Å². The number of aromatic nitrogens is 3. The van der Waals surface area contributed by atoms with Crippen LogP contribution < -0.4 is 14.8 Å². The van der Waals surface area contributed by atoms with Crippen LogP contribution in [-0.2, 0) is 11.3 Å². The van der Waals surface area contributed by atoms with Crippen molar-refractivity contribution in [2.45, 2.75) is 13.0 Å². The zero-order valence-electron chi connectivity index (χ0n) is 15.5. The van der Waals surface area contributed by atoms with E-state index < -0.39 is 5.97 Å². The van der Waals surface area contributed by atoms with E-state index in [9.17, 15) is 9.59 Å². The SMILES string of the molecule is COc1ccc(Cn2ncc3cc(C(=O)NCCC(=O)O)cnc32)c(OC)c1. The molecule has 0 unspecified atom stereocenters. The molecule has 0 atom stereocenters. The maximum Gasteiger partial charge on any atom is 0.305 e. The lowest BCUT2D eigenvalue weighted by atomic mass is 10.2. The van der Waals surface area contributed by atoms with Crippen LogP contribution in [0.4, 0.5) is 0 Å². The molecule has 0 aliphatic heterocycles. The van der Waals surface area contributed by atoms with E-state index in [-0.39, 0.29) is 18.9 Å². The molecule has 0 spiro atoms. The Bertz CT molecular complexity index is 1010. The number of hydrogen-bond donors (Lipinski definition) is 2. The molecule has 0 fully saturated rings. The first-order valence-electron chi connectivity index (χ1n) is 8.54. The van der Waals surface area contributed by atoms with Crippen LogP contribution in [0, 0.1) is 0 Å². The second-order valence-electron chi connectivity index (χ2n) is 6.02. The molecule has 0 saturated heterocycles. The van der Waals surface area contributed by atoms with Gasteiger partial charge >= 0.3 is 5.97 Å². The number of pyridine rings is 1. The lowest BCUT2D eigenvalue weighted by Gasteiger charge is -2.11. The fraction of sp³-hybridized carbons (Fsp3) is 0.263. The van der Waals surface area contributed by atoms with Crippen LogP contribution in [0.5, 0.6) is 11.5 Å². The highest BCUT2D eigenvalue weighted by Crippen LogP contribution is 2.26. The van der Waals surface area contributed by atoms with Crippen molar-refractivity contribution in [1.29, 1.82) is 0 Å². The van der Waals surface area contributed by atoms with Crippen molar-refractivity contribution in [2.24, 2.45) is 0 Å². The number of fused-ring (bicyclic) bond motifs is 1. The minimum atomic E-state index is -0.968. The van der Waals surface area contributed by atoms with E-state index in [2.05, 4.69) is 15.4 Å². The molecule has 1 amide bonds. The van der Waals surface area contributed by atoms with Gasteiger partial charge in [0.15, 0.2) is 5.65 Å². The van der Waals surface area contributed by atoms with Crippen molar-refractivity contribution in [3.63, 3.8) is 0 Å². The van der Waals surface area contributed by atoms with Crippen LogP contribution >= 0.6 is 0 Å². The molecule has 0 aliphatic rings. The van der Waals surface area contributed by atoms with Gasteiger partial charge in [0.1, 0.15) is 11.5 Å². The molecule has 2 N–H and O–H groups in total. The molecule has 3 aromatic rings. The van der Waals surface area contributed by atoms with E-state index in [0.717, 1.165) is 5.56 Å². The fourth-order valence-electron chi connectivity index (χ4n) is 2.74. The normalized spacial score (nSPS) is 10.6. The van der Waals surface area contributed by atoms with Crippen LogP contribution in [0.1, 0.15) is 22.3 Å². The standard InChI is InChI=1S/C19H20N4O5/c1-27-15-4-3-12(16(8-15)28-2)11-23-18-13(10-22-23)7-14(9-21-18)19(26)20-6-5-17(24)25/h3-4,7-10H,5-6,11H2,1-2H3,(H,20,26)(H,24,25). The zero-order valence-corrected chi connectivity index (χ0v) is 15.5. The summed E-state index contributed by atoms with van der Waals surface area (Å²) in [5.74, 6) is 0.0318. The summed E-state index contributed by atoms with van der Waals surface area (Å²) in [6, 6.07) is 7.22. The van der Waals surface area contributed by atoms with E-state index in [4.69, 9.17) is 14.6 Å². The summed E-state index contributed by atoms with van der Waals surface area (Å²) in [5, 5.41) is 16.2. The average molecular weight is 384 g/mol. The summed E-state index contributed by atoms with van der Waals surface area (Å²) in [7, 11) is 3.18. The first-order chi connectivity index (χ1) is 13.5. The molecule has 9 nitrogen and oxygen atoms in total. The van der Waals surface area contributed by atoms with Crippen LogP contribution in [-0.4, -0.2) is 52.5 Å². The number of carbonyl (C=O) groups excluding carboxylic acids is 1. The maximum atomic E-state index is 12.1. The van der Waals surface area contributed by atoms with Crippen LogP contribution in [0.3, 0.4) is 0 Å². The van der Waals surface area contributed by atoms with Crippen LogP contribution in [0.2, 0.25) is 0 Å². The second kappa shape index (κ2) is 8.38. The van der Waals surface area contributed by atoms with Crippen molar-refractivity contribution >= 4 is 22.9 Å². The lowest BCUT2D eigenvalue weighted by molar-refractivity contribution is -0.136. The number of carboxylic acid groups (broad SMARTS) is 1. The lowest BCUT2D eigenvalue weighted by Crippen LogP contribution is -2.26. The molecule has 2 heterocycles. The number of amides is 1. The molecule has 0 saturated carbocycles. The third-order valence-electron chi connectivity index (χ3n) is 4.18. The summed E-state index contributed by atoms with van der Waals surface area (Å²) in [6.45, 7) is 0.497. The zero-order chi connectivity index (χ0) is 20.1. The topological polar surface area (TPSA) is 116 Å². The van der Waals surface area contributed by atoms with Crippen molar-refractivity contribution in [2.75, 3.05) is 20.8 Å². The van der Waals surface area contributed by atoms with Gasteiger partial charge in [-0.3, -0.25) is 9.59 Å². The molecule has 146 valence electrons. The van der Waals surface area contributed by atoms with Crippen LogP contribution in [0.15, 0.2) is 36.7 Å². The average Bonchev–Trinajstić information content (AvgIpc) is 3.10. The molecule has 1 aromatic carbocycles. The van der Waals surface area contributed by atoms with Gasteiger partial charge in [0.2, 0.25) is 0 Å². The van der Waals surface area contributed by atoms with Crippen molar-refractivity contribution in [3.05, 3.63) is 47.8 Å². The van der Waals surface area contributed by atoms with Gasteiger partial charge in [-0.15, -0.1) is 0 Å². The highest BCUT2D eigenvalue weighted by molar-refractivity contribution is 5.96. The van der Waals surface area contributed by atoms with Gasteiger partial charge in [0.05, 0.1) is 38.9 Å². The molecule has 28 heavy (non-hydrogen) atoms. The van der Waals surface area contributed by atoms with Gasteiger partial charge in [-0.2, -0.15) is 5.10 Å². The summed E-state index contributed by atoms with van der Waals surface area (Å²) in [6.07, 6.45) is 2.94. The fourth-order valence-corrected chi connectivity index (χ4v) is 2.74. The smallest absolute Gasteiger partial charge is 0.305 e. The first kappa shape index (κ1) is 19.2. The third kappa shape index (κ3) is 4.20. The quantitative estimate of drug-likeness (QED) is 0.607. The van der Waals surface area contributed by atoms with Crippen molar-refractivity contribution in [1.82, 2.24) is 20.1 Å². The summed E-state index contributed by atoms with van der Waals surface area (Å²) in [5.41, 5.74) is 1.88. The van der Waals surface area contributed by atoms with Gasteiger partial charge in [0.25, 0.3) is 5.91 Å². The highest BCUT2D eigenvalue weighted by atomic mass is 16.5. The van der Waals surface area contributed by atoms with E-state index in [1.807, 2.05) is 12.1 Å². The number of aliphatic carboxylic acids is 1. The number of benzene rings is 1. The van der Waals surface area contributed by atoms with Gasteiger partial charge in [-0.05, 0) is 18.2 Å². The minimum absolute atomic E-state index is 0.0583. The largest absolute Gasteiger partial charge is 0.497 e. The second-order valence-corrected chi connectivity index (χ2v) is 6.02. The number of methoxy groups -OCH3 is 2. The summed E-state index contributed by atoms with van der Waals surface area (Å²) >= 11 is 0. The van der Waals surface area contributed by atoms with Crippen LogP contribution in [0.25, 0.3) is 11.0 Å². The number of hydrogen-bond acceptors (Lipinski definition) is 6. The Balaban J connectivity index is 1.79. The summed E-state index contributed by atoms with van der Waals surface area (Å²) in [4.78, 5) is 27.0. The first-order valence-corrected chi connectivity index (χ1v) is 8.54. The molecule has 2 aromatic heterocycles. The van der Waals surface area contributed by atoms with E-state index in [1.165, 1.54) is 6.20 Å². The van der Waals surface area contributed by atoms with E-state index in [1.54, 1.807) is 37.2 Å². The minimum Gasteiger partial charge on any atom is -0.497 e. The van der Waals surface area contributed by atoms with Gasteiger partial charge < -0.3 is 19.9 Å². The number of nitrogens with zero attached hydrogens (tertiary/aromatic N) is 3. The van der Waals surface area contributed by atoms with Crippen molar-refractivity contribution in [3.8, 4) is 11.5 Å². The number of nitrogens with one attached hydrogen (secondary N) is 1. The Kier molecular flexibility index (Phi) is 5.73. The Morgan fingerprint density at radius 2 is 2.00 bits per heavy atom. The molecular formula is C19H20N4O5. The van der Waals surface area contributed by atoms with Crippen molar-refractivity contribution < 1.29 is 24.2 Å². The Morgan fingerprint density at radius 1 is 1.18 bits per heavy atom. The number of carboxylic acids is 1. The third-order valence-corrected chi connectivity index (χ3v) is 4.18. The monoisotopic (exact) mass is 384 g/mol. The Labute approximate surface area is 160 Å². The number of carbonyl (C=O) groups is 2. The molecule has 3 rings (SSSR count). The maximum absolute atomic E-state index is 12.1. The molecule has 0 radical (unpaired) electrons. The molecule has 0 bridgehead atoms. The Morgan fingerprint density at radius 3 is 2.71 bits per heavy atom. The Hall–Kier alpha value is -3.62. The molecule has 9 heteroatoms. The highest BCUT2D eigenvalue weighted by Gasteiger charge is 2.13. The summed E-state index contributed by atoms with van der Waals surface area (Å²) < 4.78 is 12.3.